The number of aromatic nitrogens is 1. The third kappa shape index (κ3) is 5.30. The molecule has 0 bridgehead atoms. The number of thioether (sulfide) groups is 1. The first-order chi connectivity index (χ1) is 14.5. The van der Waals surface area contributed by atoms with Gasteiger partial charge in [0.15, 0.2) is 14.2 Å². The second-order valence-corrected chi connectivity index (χ2v) is 11.5. The van der Waals surface area contributed by atoms with Crippen molar-refractivity contribution in [3.05, 3.63) is 71.6 Å². The van der Waals surface area contributed by atoms with Gasteiger partial charge in [-0.3, -0.25) is 4.79 Å². The SMILES string of the molecule is O=C(CSc1nc(-c2ccccc2)cs1)N(Cc1ccccc1)[C@@H]1CCS(=O)(=O)C1. The molecule has 0 aliphatic carbocycles. The lowest BCUT2D eigenvalue weighted by atomic mass is 10.1. The molecule has 30 heavy (non-hydrogen) atoms. The number of rotatable bonds is 7. The largest absolute Gasteiger partial charge is 0.334 e. The van der Waals surface area contributed by atoms with E-state index < -0.39 is 9.84 Å². The zero-order chi connectivity index (χ0) is 21.0. The second kappa shape index (κ2) is 9.32. The van der Waals surface area contributed by atoms with Crippen LogP contribution in [0, 0.1) is 0 Å². The number of hydrogen-bond acceptors (Lipinski definition) is 6. The lowest BCUT2D eigenvalue weighted by molar-refractivity contribution is -0.130. The maximum absolute atomic E-state index is 13.1. The van der Waals surface area contributed by atoms with Crippen molar-refractivity contribution in [1.82, 2.24) is 9.88 Å². The molecule has 5 nitrogen and oxygen atoms in total. The molecule has 8 heteroatoms. The van der Waals surface area contributed by atoms with Crippen LogP contribution in [0.15, 0.2) is 70.4 Å². The molecule has 2 heterocycles. The van der Waals surface area contributed by atoms with E-state index >= 15 is 0 Å². The van der Waals surface area contributed by atoms with Crippen LogP contribution in [0.3, 0.4) is 0 Å². The van der Waals surface area contributed by atoms with Gasteiger partial charge in [-0.1, -0.05) is 72.4 Å². The number of thiazole rings is 1. The van der Waals surface area contributed by atoms with Crippen LogP contribution in [0.25, 0.3) is 11.3 Å². The summed E-state index contributed by atoms with van der Waals surface area (Å²) in [6, 6.07) is 19.4. The average Bonchev–Trinajstić information content (AvgIpc) is 3.38. The fraction of sp³-hybridized carbons (Fsp3) is 0.273. The maximum atomic E-state index is 13.1. The molecule has 1 amide bonds. The minimum absolute atomic E-state index is 0.0473. The highest BCUT2D eigenvalue weighted by atomic mass is 32.2. The van der Waals surface area contributed by atoms with Crippen LogP contribution in [0.4, 0.5) is 0 Å². The lowest BCUT2D eigenvalue weighted by Crippen LogP contribution is -2.41. The van der Waals surface area contributed by atoms with Gasteiger partial charge >= 0.3 is 0 Å². The van der Waals surface area contributed by atoms with Gasteiger partial charge in [0, 0.05) is 23.5 Å². The number of carbonyl (C=O) groups is 1. The summed E-state index contributed by atoms with van der Waals surface area (Å²) in [6.45, 7) is 0.424. The minimum Gasteiger partial charge on any atom is -0.334 e. The van der Waals surface area contributed by atoms with Gasteiger partial charge in [0.25, 0.3) is 0 Å². The Bertz CT molecular complexity index is 1100. The molecule has 1 fully saturated rings. The van der Waals surface area contributed by atoms with Crippen LogP contribution in [0.1, 0.15) is 12.0 Å². The number of hydrogen-bond donors (Lipinski definition) is 0. The predicted molar refractivity (Wildman–Crippen MR) is 122 cm³/mol. The zero-order valence-corrected chi connectivity index (χ0v) is 18.8. The maximum Gasteiger partial charge on any atom is 0.233 e. The molecule has 0 radical (unpaired) electrons. The predicted octanol–water partition coefficient (Wildman–Crippen LogP) is 4.12. The van der Waals surface area contributed by atoms with Crippen LogP contribution < -0.4 is 0 Å². The lowest BCUT2D eigenvalue weighted by Gasteiger charge is -2.28. The smallest absolute Gasteiger partial charge is 0.233 e. The summed E-state index contributed by atoms with van der Waals surface area (Å²) in [5, 5.41) is 1.99. The highest BCUT2D eigenvalue weighted by Gasteiger charge is 2.34. The fourth-order valence-corrected chi connectivity index (χ4v) is 6.95. The Morgan fingerprint density at radius 3 is 2.47 bits per heavy atom. The van der Waals surface area contributed by atoms with E-state index in [1.165, 1.54) is 23.1 Å². The molecule has 0 unspecified atom stereocenters. The van der Waals surface area contributed by atoms with Gasteiger partial charge in [-0.25, -0.2) is 13.4 Å². The summed E-state index contributed by atoms with van der Waals surface area (Å²) in [6.07, 6.45) is 0.501. The summed E-state index contributed by atoms with van der Waals surface area (Å²) in [5.41, 5.74) is 2.95. The topological polar surface area (TPSA) is 67.3 Å². The molecule has 4 rings (SSSR count). The molecular formula is C22H22N2O3S3. The van der Waals surface area contributed by atoms with Crippen LogP contribution in [0.2, 0.25) is 0 Å². The Morgan fingerprint density at radius 1 is 1.10 bits per heavy atom. The van der Waals surface area contributed by atoms with Crippen molar-refractivity contribution < 1.29 is 13.2 Å². The Morgan fingerprint density at radius 2 is 1.80 bits per heavy atom. The Labute approximate surface area is 185 Å². The van der Waals surface area contributed by atoms with Gasteiger partial charge in [-0.05, 0) is 12.0 Å². The van der Waals surface area contributed by atoms with Crippen LogP contribution >= 0.6 is 23.1 Å². The highest BCUT2D eigenvalue weighted by molar-refractivity contribution is 8.01. The first kappa shape index (κ1) is 21.1. The Balaban J connectivity index is 1.44. The zero-order valence-electron chi connectivity index (χ0n) is 16.3. The molecule has 3 aromatic rings. The van der Waals surface area contributed by atoms with E-state index in [0.717, 1.165) is 21.2 Å². The first-order valence-electron chi connectivity index (χ1n) is 9.68. The molecule has 2 aromatic carbocycles. The van der Waals surface area contributed by atoms with E-state index in [1.807, 2.05) is 66.0 Å². The first-order valence-corrected chi connectivity index (χ1v) is 13.4. The summed E-state index contributed by atoms with van der Waals surface area (Å²) >= 11 is 2.93. The van der Waals surface area contributed by atoms with Crippen molar-refractivity contribution in [2.24, 2.45) is 0 Å². The molecule has 0 spiro atoms. The van der Waals surface area contributed by atoms with Crippen LogP contribution in [-0.4, -0.2) is 47.5 Å². The summed E-state index contributed by atoms with van der Waals surface area (Å²) in [5.74, 6) is 0.384. The van der Waals surface area contributed by atoms with Crippen molar-refractivity contribution in [2.45, 2.75) is 23.3 Å². The third-order valence-corrected chi connectivity index (χ3v) is 8.79. The quantitative estimate of drug-likeness (QED) is 0.498. The van der Waals surface area contributed by atoms with Gasteiger partial charge in [-0.2, -0.15) is 0 Å². The molecule has 156 valence electrons. The van der Waals surface area contributed by atoms with Gasteiger partial charge < -0.3 is 4.90 Å². The molecule has 1 aliphatic heterocycles. The van der Waals surface area contributed by atoms with Gasteiger partial charge in [0.2, 0.25) is 5.91 Å². The number of sulfone groups is 1. The number of nitrogens with zero attached hydrogens (tertiary/aromatic N) is 2. The fourth-order valence-electron chi connectivity index (χ4n) is 3.49. The van der Waals surface area contributed by atoms with Crippen molar-refractivity contribution in [3.8, 4) is 11.3 Å². The van der Waals surface area contributed by atoms with Gasteiger partial charge in [0.05, 0.1) is 23.0 Å². The van der Waals surface area contributed by atoms with E-state index in [0.29, 0.717) is 13.0 Å². The van der Waals surface area contributed by atoms with Crippen LogP contribution in [-0.2, 0) is 21.2 Å². The van der Waals surface area contributed by atoms with Crippen LogP contribution in [0.5, 0.6) is 0 Å². The molecular weight excluding hydrogens is 436 g/mol. The van der Waals surface area contributed by atoms with Crippen molar-refractivity contribution in [2.75, 3.05) is 17.3 Å². The molecule has 1 saturated heterocycles. The Hall–Kier alpha value is -2.16. The van der Waals surface area contributed by atoms with Crippen molar-refractivity contribution >= 4 is 38.8 Å². The van der Waals surface area contributed by atoms with E-state index in [2.05, 4.69) is 4.98 Å². The Kier molecular flexibility index (Phi) is 6.55. The summed E-state index contributed by atoms with van der Waals surface area (Å²) in [7, 11) is -3.07. The number of amides is 1. The number of benzene rings is 2. The second-order valence-electron chi connectivity index (χ2n) is 7.22. The van der Waals surface area contributed by atoms with E-state index in [1.54, 1.807) is 4.90 Å². The normalized spacial score (nSPS) is 17.7. The van der Waals surface area contributed by atoms with Crippen molar-refractivity contribution in [3.63, 3.8) is 0 Å². The standard InChI is InChI=1S/C22H22N2O3S3/c25-21(15-29-22-23-20(14-28-22)18-9-5-2-6-10-18)24(13-17-7-3-1-4-8-17)19-11-12-30(26,27)16-19/h1-10,14,19H,11-13,15-16H2/t19-/m1/s1. The summed E-state index contributed by atoms with van der Waals surface area (Å²) in [4.78, 5) is 19.4. The molecule has 1 atom stereocenters. The minimum atomic E-state index is -3.07. The summed E-state index contributed by atoms with van der Waals surface area (Å²) < 4.78 is 24.8. The van der Waals surface area contributed by atoms with E-state index in [-0.39, 0.29) is 29.2 Å². The monoisotopic (exact) mass is 458 g/mol. The molecule has 1 aromatic heterocycles. The van der Waals surface area contributed by atoms with E-state index in [4.69, 9.17) is 0 Å². The molecule has 0 saturated carbocycles. The van der Waals surface area contributed by atoms with Crippen molar-refractivity contribution in [1.29, 1.82) is 0 Å². The van der Waals surface area contributed by atoms with Gasteiger partial charge in [-0.15, -0.1) is 11.3 Å². The van der Waals surface area contributed by atoms with E-state index in [9.17, 15) is 13.2 Å². The third-order valence-electron chi connectivity index (χ3n) is 5.04. The average molecular weight is 459 g/mol. The van der Waals surface area contributed by atoms with Gasteiger partial charge in [0.1, 0.15) is 0 Å². The highest BCUT2D eigenvalue weighted by Crippen LogP contribution is 2.29. The number of carbonyl (C=O) groups excluding carboxylic acids is 1. The molecule has 1 aliphatic rings. The molecule has 0 N–H and O–H groups in total.